The van der Waals surface area contributed by atoms with Gasteiger partial charge in [0.1, 0.15) is 0 Å². The van der Waals surface area contributed by atoms with E-state index in [-0.39, 0.29) is 11.3 Å². The summed E-state index contributed by atoms with van der Waals surface area (Å²) in [6.07, 6.45) is -8.35. The van der Waals surface area contributed by atoms with Crippen molar-refractivity contribution in [3.63, 3.8) is 0 Å². The van der Waals surface area contributed by atoms with E-state index in [9.17, 15) is 22.0 Å². The second-order valence-corrected chi connectivity index (χ2v) is 3.28. The quantitative estimate of drug-likeness (QED) is 0.754. The molecule has 1 heterocycles. The van der Waals surface area contributed by atoms with Crippen LogP contribution in [0.25, 0.3) is 0 Å². The molecular formula is C10H7F5N2. The predicted octanol–water partition coefficient (Wildman–Crippen LogP) is 3.41. The maximum atomic E-state index is 12.7. The molecule has 0 aliphatic rings. The molecule has 0 N–H and O–H groups in total. The molecule has 0 fully saturated rings. The molecular weight excluding hydrogens is 243 g/mol. The first-order chi connectivity index (χ1) is 7.79. The zero-order valence-electron chi connectivity index (χ0n) is 8.65. The molecule has 2 nitrogen and oxygen atoms in total. The Kier molecular flexibility index (Phi) is 3.66. The third-order valence-corrected chi connectivity index (χ3v) is 2.22. The first kappa shape index (κ1) is 13.4. The number of aromatic nitrogens is 1. The highest BCUT2D eigenvalue weighted by Gasteiger charge is 2.37. The van der Waals surface area contributed by atoms with E-state index in [2.05, 4.69) is 4.98 Å². The molecule has 1 aromatic rings. The Bertz CT molecular complexity index is 459. The van der Waals surface area contributed by atoms with E-state index < -0.39 is 30.1 Å². The van der Waals surface area contributed by atoms with Crippen LogP contribution in [-0.2, 0) is 12.6 Å². The highest BCUT2D eigenvalue weighted by atomic mass is 19.4. The van der Waals surface area contributed by atoms with Crippen molar-refractivity contribution in [2.75, 3.05) is 0 Å². The molecule has 7 heteroatoms. The molecule has 0 radical (unpaired) electrons. The summed E-state index contributed by atoms with van der Waals surface area (Å²) in [5, 5.41) is 8.44. The van der Waals surface area contributed by atoms with Crippen molar-refractivity contribution in [2.45, 2.75) is 25.9 Å². The smallest absolute Gasteiger partial charge is 0.261 e. The molecule has 0 saturated heterocycles. The number of pyridine rings is 1. The lowest BCUT2D eigenvalue weighted by atomic mass is 9.99. The highest BCUT2D eigenvalue weighted by molar-refractivity contribution is 5.40. The maximum absolute atomic E-state index is 12.7. The number of halogens is 5. The van der Waals surface area contributed by atoms with Crippen LogP contribution in [0.4, 0.5) is 22.0 Å². The molecule has 0 saturated carbocycles. The van der Waals surface area contributed by atoms with Crippen molar-refractivity contribution >= 4 is 0 Å². The lowest BCUT2D eigenvalue weighted by molar-refractivity contribution is -0.139. The first-order valence-corrected chi connectivity index (χ1v) is 4.49. The molecule has 0 aromatic carbocycles. The van der Waals surface area contributed by atoms with E-state index in [0.717, 1.165) is 0 Å². The molecule has 0 atom stereocenters. The van der Waals surface area contributed by atoms with Crippen LogP contribution < -0.4 is 0 Å². The Balaban J connectivity index is 3.54. The largest absolute Gasteiger partial charge is 0.418 e. The van der Waals surface area contributed by atoms with Crippen LogP contribution in [0.5, 0.6) is 0 Å². The fourth-order valence-electron chi connectivity index (χ4n) is 1.44. The Hall–Kier alpha value is -1.71. The van der Waals surface area contributed by atoms with Gasteiger partial charge in [-0.05, 0) is 12.5 Å². The molecule has 0 aliphatic carbocycles. The predicted molar refractivity (Wildman–Crippen MR) is 48.3 cm³/mol. The molecule has 0 amide bonds. The molecule has 92 valence electrons. The van der Waals surface area contributed by atoms with Crippen molar-refractivity contribution < 1.29 is 22.0 Å². The van der Waals surface area contributed by atoms with Gasteiger partial charge in [-0.2, -0.15) is 18.4 Å². The van der Waals surface area contributed by atoms with Gasteiger partial charge in [0, 0.05) is 17.5 Å². The topological polar surface area (TPSA) is 36.7 Å². The summed E-state index contributed by atoms with van der Waals surface area (Å²) in [6.45, 7) is 1.29. The summed E-state index contributed by atoms with van der Waals surface area (Å²) in [5.74, 6) is 0. The van der Waals surface area contributed by atoms with Gasteiger partial charge in [-0.1, -0.05) is 0 Å². The van der Waals surface area contributed by atoms with Crippen LogP contribution in [0.3, 0.4) is 0 Å². The van der Waals surface area contributed by atoms with Gasteiger partial charge in [0.25, 0.3) is 6.43 Å². The van der Waals surface area contributed by atoms with Crippen molar-refractivity contribution in [3.8, 4) is 6.07 Å². The maximum Gasteiger partial charge on any atom is 0.418 e. The van der Waals surface area contributed by atoms with Crippen LogP contribution in [0.1, 0.15) is 28.8 Å². The number of hydrogen-bond acceptors (Lipinski definition) is 2. The number of alkyl halides is 5. The van der Waals surface area contributed by atoms with Crippen molar-refractivity contribution in [3.05, 3.63) is 28.6 Å². The second kappa shape index (κ2) is 4.65. The normalized spacial score (nSPS) is 11.6. The Morgan fingerprint density at radius 1 is 1.41 bits per heavy atom. The fourth-order valence-corrected chi connectivity index (χ4v) is 1.44. The molecule has 0 bridgehead atoms. The van der Waals surface area contributed by atoms with E-state index in [4.69, 9.17) is 5.26 Å². The van der Waals surface area contributed by atoms with Crippen LogP contribution >= 0.6 is 0 Å². The molecule has 0 aliphatic heterocycles. The molecule has 17 heavy (non-hydrogen) atoms. The third-order valence-electron chi connectivity index (χ3n) is 2.22. The zero-order valence-corrected chi connectivity index (χ0v) is 8.65. The minimum atomic E-state index is -4.91. The highest BCUT2D eigenvalue weighted by Crippen LogP contribution is 2.38. The summed E-state index contributed by atoms with van der Waals surface area (Å²) >= 11 is 0. The van der Waals surface area contributed by atoms with Gasteiger partial charge in [-0.15, -0.1) is 0 Å². The summed E-state index contributed by atoms with van der Waals surface area (Å²) < 4.78 is 62.9. The van der Waals surface area contributed by atoms with Gasteiger partial charge in [0.05, 0.1) is 18.1 Å². The van der Waals surface area contributed by atoms with E-state index in [1.165, 1.54) is 6.92 Å². The van der Waals surface area contributed by atoms with Crippen molar-refractivity contribution in [1.29, 1.82) is 5.26 Å². The molecule has 0 unspecified atom stereocenters. The average Bonchev–Trinajstić information content (AvgIpc) is 2.18. The van der Waals surface area contributed by atoms with Crippen LogP contribution in [0.2, 0.25) is 0 Å². The van der Waals surface area contributed by atoms with E-state index in [1.807, 2.05) is 0 Å². The van der Waals surface area contributed by atoms with Gasteiger partial charge in [-0.3, -0.25) is 4.98 Å². The monoisotopic (exact) mass is 250 g/mol. The van der Waals surface area contributed by atoms with E-state index in [0.29, 0.717) is 6.20 Å². The molecule has 0 spiro atoms. The summed E-state index contributed by atoms with van der Waals surface area (Å²) in [4.78, 5) is 3.40. The van der Waals surface area contributed by atoms with Gasteiger partial charge < -0.3 is 0 Å². The van der Waals surface area contributed by atoms with Gasteiger partial charge in [0.15, 0.2) is 0 Å². The zero-order chi connectivity index (χ0) is 13.2. The second-order valence-electron chi connectivity index (χ2n) is 3.28. The Morgan fingerprint density at radius 3 is 2.41 bits per heavy atom. The third kappa shape index (κ3) is 2.70. The molecule has 1 aromatic heterocycles. The van der Waals surface area contributed by atoms with Crippen molar-refractivity contribution in [1.82, 2.24) is 4.98 Å². The van der Waals surface area contributed by atoms with Gasteiger partial charge in [0.2, 0.25) is 0 Å². The first-order valence-electron chi connectivity index (χ1n) is 4.49. The lowest BCUT2D eigenvalue weighted by Gasteiger charge is -2.16. The van der Waals surface area contributed by atoms with Crippen LogP contribution in [0, 0.1) is 18.3 Å². The molecule has 1 rings (SSSR count). The van der Waals surface area contributed by atoms with Gasteiger partial charge in [-0.25, -0.2) is 8.78 Å². The number of nitrogens with zero attached hydrogens (tertiary/aromatic N) is 2. The van der Waals surface area contributed by atoms with E-state index >= 15 is 0 Å². The Labute approximate surface area is 93.7 Å². The number of nitriles is 1. The fraction of sp³-hybridized carbons (Fsp3) is 0.400. The number of hydrogen-bond donors (Lipinski definition) is 0. The van der Waals surface area contributed by atoms with Crippen LogP contribution in [0.15, 0.2) is 6.20 Å². The summed E-state index contributed by atoms with van der Waals surface area (Å²) in [6, 6.07) is 1.56. The average molecular weight is 250 g/mol. The van der Waals surface area contributed by atoms with E-state index in [1.54, 1.807) is 6.07 Å². The minimum absolute atomic E-state index is 0.00912. The number of aryl methyl sites for hydroxylation is 1. The van der Waals surface area contributed by atoms with Crippen LogP contribution in [-0.4, -0.2) is 4.98 Å². The minimum Gasteiger partial charge on any atom is -0.261 e. The van der Waals surface area contributed by atoms with Crippen molar-refractivity contribution in [2.24, 2.45) is 0 Å². The summed E-state index contributed by atoms with van der Waals surface area (Å²) in [7, 11) is 0. The van der Waals surface area contributed by atoms with Gasteiger partial charge >= 0.3 is 6.18 Å². The Morgan fingerprint density at radius 2 is 2.00 bits per heavy atom. The summed E-state index contributed by atoms with van der Waals surface area (Å²) in [5.41, 5.74) is -2.97. The lowest BCUT2D eigenvalue weighted by Crippen LogP contribution is -2.14. The standard InChI is InChI=1S/C10H7F5N2/c1-5-6(2-3-16)8(9(11)12)7(4-17-5)10(13,14)15/h4,9H,2H2,1H3. The number of rotatable bonds is 2. The SMILES string of the molecule is Cc1ncc(C(F)(F)F)c(C(F)F)c1CC#N.